The Bertz CT molecular complexity index is 487. The van der Waals surface area contributed by atoms with Crippen molar-refractivity contribution in [2.45, 2.75) is 5.88 Å². The van der Waals surface area contributed by atoms with Crippen LogP contribution >= 0.6 is 45.8 Å². The summed E-state index contributed by atoms with van der Waals surface area (Å²) in [5, 5.41) is 4.35. The van der Waals surface area contributed by atoms with E-state index in [4.69, 9.17) is 27.7 Å². The second-order valence-corrected chi connectivity index (χ2v) is 4.64. The maximum absolute atomic E-state index is 5.89. The van der Waals surface area contributed by atoms with Crippen molar-refractivity contribution in [1.29, 1.82) is 0 Å². The first kappa shape index (κ1) is 11.2. The first-order chi connectivity index (χ1) is 7.20. The van der Waals surface area contributed by atoms with Crippen LogP contribution in [0.3, 0.4) is 0 Å². The van der Waals surface area contributed by atoms with E-state index in [1.54, 1.807) is 6.07 Å². The van der Waals surface area contributed by atoms with Gasteiger partial charge in [-0.05, 0) is 40.8 Å². The highest BCUT2D eigenvalue weighted by Gasteiger charge is 2.11. The van der Waals surface area contributed by atoms with Gasteiger partial charge in [-0.2, -0.15) is 4.98 Å². The molecule has 0 bridgehead atoms. The minimum atomic E-state index is 0.237. The van der Waals surface area contributed by atoms with E-state index < -0.39 is 0 Å². The molecule has 0 aliphatic heterocycles. The van der Waals surface area contributed by atoms with Gasteiger partial charge >= 0.3 is 0 Å². The van der Waals surface area contributed by atoms with Crippen molar-refractivity contribution >= 4 is 45.8 Å². The number of aromatic nitrogens is 2. The molecule has 78 valence electrons. The zero-order chi connectivity index (χ0) is 10.8. The number of halogens is 3. The lowest BCUT2D eigenvalue weighted by Gasteiger charge is -1.98. The Morgan fingerprint density at radius 3 is 2.87 bits per heavy atom. The normalized spacial score (nSPS) is 10.6. The smallest absolute Gasteiger partial charge is 0.259 e. The van der Waals surface area contributed by atoms with E-state index >= 15 is 0 Å². The molecule has 0 radical (unpaired) electrons. The number of hydrogen-bond acceptors (Lipinski definition) is 3. The second kappa shape index (κ2) is 4.67. The quantitative estimate of drug-likeness (QED) is 0.609. The van der Waals surface area contributed by atoms with Crippen LogP contribution in [0.2, 0.25) is 5.02 Å². The molecule has 6 heteroatoms. The van der Waals surface area contributed by atoms with E-state index in [2.05, 4.69) is 32.7 Å². The molecule has 0 aliphatic rings. The number of nitrogens with zero attached hydrogens (tertiary/aromatic N) is 2. The average molecular weight is 355 g/mol. The first-order valence-electron chi connectivity index (χ1n) is 4.04. The molecule has 1 aromatic carbocycles. The molecule has 1 aromatic heterocycles. The predicted molar refractivity (Wildman–Crippen MR) is 67.0 cm³/mol. The topological polar surface area (TPSA) is 38.9 Å². The number of benzene rings is 1. The van der Waals surface area contributed by atoms with Crippen molar-refractivity contribution in [1.82, 2.24) is 10.1 Å². The summed E-state index contributed by atoms with van der Waals surface area (Å²) in [4.78, 5) is 4.13. The molecule has 0 unspecified atom stereocenters. The van der Waals surface area contributed by atoms with Crippen LogP contribution in [0.25, 0.3) is 11.5 Å². The molecular weight excluding hydrogens is 350 g/mol. The molecule has 15 heavy (non-hydrogen) atoms. The number of hydrogen-bond donors (Lipinski definition) is 0. The van der Waals surface area contributed by atoms with Crippen LogP contribution < -0.4 is 0 Å². The highest BCUT2D eigenvalue weighted by atomic mass is 127. The lowest BCUT2D eigenvalue weighted by Crippen LogP contribution is -1.84. The van der Waals surface area contributed by atoms with Gasteiger partial charge in [0.1, 0.15) is 0 Å². The maximum atomic E-state index is 5.89. The first-order valence-corrected chi connectivity index (χ1v) is 6.04. The van der Waals surface area contributed by atoms with Crippen molar-refractivity contribution < 1.29 is 4.52 Å². The number of rotatable bonds is 2. The van der Waals surface area contributed by atoms with Crippen molar-refractivity contribution in [3.05, 3.63) is 32.6 Å². The fraction of sp³-hybridized carbons (Fsp3) is 0.111. The van der Waals surface area contributed by atoms with Gasteiger partial charge in [0.15, 0.2) is 5.82 Å². The highest BCUT2D eigenvalue weighted by Crippen LogP contribution is 2.26. The summed E-state index contributed by atoms with van der Waals surface area (Å²) in [5.74, 6) is 1.15. The van der Waals surface area contributed by atoms with E-state index in [1.165, 1.54) is 0 Å². The summed E-state index contributed by atoms with van der Waals surface area (Å²) in [5.41, 5.74) is 0.826. The van der Waals surface area contributed by atoms with E-state index in [-0.39, 0.29) is 5.88 Å². The average Bonchev–Trinajstić information content (AvgIpc) is 2.70. The zero-order valence-electron chi connectivity index (χ0n) is 7.38. The minimum Gasteiger partial charge on any atom is -0.334 e. The van der Waals surface area contributed by atoms with Gasteiger partial charge in [0.05, 0.1) is 11.4 Å². The molecule has 2 aromatic rings. The minimum absolute atomic E-state index is 0.237. The summed E-state index contributed by atoms with van der Waals surface area (Å²) in [6.07, 6.45) is 0. The molecule has 0 saturated heterocycles. The summed E-state index contributed by atoms with van der Waals surface area (Å²) < 4.78 is 6.07. The van der Waals surface area contributed by atoms with Gasteiger partial charge in [-0.15, -0.1) is 11.6 Å². The van der Waals surface area contributed by atoms with Crippen LogP contribution in [0.4, 0.5) is 0 Å². The van der Waals surface area contributed by atoms with Gasteiger partial charge in [-0.25, -0.2) is 0 Å². The van der Waals surface area contributed by atoms with Gasteiger partial charge in [-0.1, -0.05) is 16.8 Å². The third-order valence-corrected chi connectivity index (χ3v) is 3.16. The Hall–Kier alpha value is -0.330. The lowest BCUT2D eigenvalue weighted by atomic mass is 10.2. The molecule has 0 aliphatic carbocycles. The highest BCUT2D eigenvalue weighted by molar-refractivity contribution is 14.1. The van der Waals surface area contributed by atoms with Crippen LogP contribution in [-0.2, 0) is 5.88 Å². The summed E-state index contributed by atoms with van der Waals surface area (Å²) >= 11 is 13.7. The lowest BCUT2D eigenvalue weighted by molar-refractivity contribution is 0.425. The molecule has 0 spiro atoms. The van der Waals surface area contributed by atoms with Crippen LogP contribution in [0.1, 0.15) is 5.82 Å². The van der Waals surface area contributed by atoms with Gasteiger partial charge in [0.25, 0.3) is 5.89 Å². The third kappa shape index (κ3) is 2.43. The maximum Gasteiger partial charge on any atom is 0.259 e. The molecule has 0 saturated carbocycles. The summed E-state index contributed by atoms with van der Waals surface area (Å²) in [6, 6.07) is 5.49. The predicted octanol–water partition coefficient (Wildman–Crippen LogP) is 3.73. The summed E-state index contributed by atoms with van der Waals surface area (Å²) in [7, 11) is 0. The third-order valence-electron chi connectivity index (χ3n) is 1.75. The largest absolute Gasteiger partial charge is 0.334 e. The van der Waals surface area contributed by atoms with Crippen molar-refractivity contribution in [3.8, 4) is 11.5 Å². The van der Waals surface area contributed by atoms with Crippen LogP contribution in [0.15, 0.2) is 22.7 Å². The monoisotopic (exact) mass is 354 g/mol. The van der Waals surface area contributed by atoms with E-state index in [1.807, 2.05) is 12.1 Å². The van der Waals surface area contributed by atoms with Crippen LogP contribution in [0.5, 0.6) is 0 Å². The van der Waals surface area contributed by atoms with Crippen molar-refractivity contribution in [2.75, 3.05) is 0 Å². The molecule has 0 amide bonds. The summed E-state index contributed by atoms with van der Waals surface area (Å²) in [6.45, 7) is 0. The van der Waals surface area contributed by atoms with Crippen LogP contribution in [0, 0.1) is 3.57 Å². The fourth-order valence-corrected chi connectivity index (χ4v) is 1.93. The Labute approximate surface area is 110 Å². The molecule has 0 atom stereocenters. The molecule has 2 rings (SSSR count). The SMILES string of the molecule is ClCc1noc(-c2cc(Cl)ccc2I)n1. The van der Waals surface area contributed by atoms with Gasteiger partial charge in [-0.3, -0.25) is 0 Å². The van der Waals surface area contributed by atoms with E-state index in [9.17, 15) is 0 Å². The fourth-order valence-electron chi connectivity index (χ4n) is 1.08. The van der Waals surface area contributed by atoms with Crippen LogP contribution in [-0.4, -0.2) is 10.1 Å². The molecule has 0 fully saturated rings. The van der Waals surface area contributed by atoms with E-state index in [0.29, 0.717) is 16.7 Å². The van der Waals surface area contributed by atoms with Crippen molar-refractivity contribution in [2.24, 2.45) is 0 Å². The van der Waals surface area contributed by atoms with Gasteiger partial charge in [0, 0.05) is 8.59 Å². The van der Waals surface area contributed by atoms with Crippen molar-refractivity contribution in [3.63, 3.8) is 0 Å². The Kier molecular flexibility index (Phi) is 3.48. The van der Waals surface area contributed by atoms with Gasteiger partial charge < -0.3 is 4.52 Å². The standard InChI is InChI=1S/C9H5Cl2IN2O/c10-4-8-13-9(15-14-8)6-3-5(11)1-2-7(6)12/h1-3H,4H2. The molecule has 0 N–H and O–H groups in total. The zero-order valence-corrected chi connectivity index (χ0v) is 11.0. The molecule has 1 heterocycles. The molecule has 3 nitrogen and oxygen atoms in total. The Morgan fingerprint density at radius 1 is 1.40 bits per heavy atom. The second-order valence-electron chi connectivity index (χ2n) is 2.77. The number of alkyl halides is 1. The Balaban J connectivity index is 2.48. The molecular formula is C9H5Cl2IN2O. The van der Waals surface area contributed by atoms with E-state index in [0.717, 1.165) is 9.13 Å². The Morgan fingerprint density at radius 2 is 2.20 bits per heavy atom. The van der Waals surface area contributed by atoms with Gasteiger partial charge in [0.2, 0.25) is 0 Å².